The Labute approximate surface area is 166 Å². The largest absolute Gasteiger partial charge is 0.378 e. The Morgan fingerprint density at radius 2 is 2.00 bits per heavy atom. The van der Waals surface area contributed by atoms with E-state index in [0.717, 1.165) is 16.8 Å². The molecule has 0 spiro atoms. The van der Waals surface area contributed by atoms with Crippen molar-refractivity contribution in [2.45, 2.75) is 11.7 Å². The van der Waals surface area contributed by atoms with Crippen LogP contribution in [-0.2, 0) is 11.2 Å². The highest BCUT2D eigenvalue weighted by Gasteiger charge is 2.30. The van der Waals surface area contributed by atoms with Crippen molar-refractivity contribution in [1.29, 1.82) is 0 Å². The first-order valence-electron chi connectivity index (χ1n) is 8.51. The normalized spacial score (nSPS) is 17.9. The second-order valence-corrected chi connectivity index (χ2v) is 7.55. The number of amidine groups is 1. The number of carbonyl (C=O) groups is 1. The van der Waals surface area contributed by atoms with E-state index in [-0.39, 0.29) is 11.6 Å². The van der Waals surface area contributed by atoms with Crippen LogP contribution in [0.25, 0.3) is 0 Å². The van der Waals surface area contributed by atoms with Gasteiger partial charge in [0.2, 0.25) is 5.91 Å². The number of benzene rings is 2. The number of hydrogen-bond donors (Lipinski definition) is 1. The molecule has 1 N–H and O–H groups in total. The van der Waals surface area contributed by atoms with Crippen LogP contribution in [0.5, 0.6) is 0 Å². The summed E-state index contributed by atoms with van der Waals surface area (Å²) in [7, 11) is 3.94. The van der Waals surface area contributed by atoms with Gasteiger partial charge in [-0.25, -0.2) is 0 Å². The fourth-order valence-corrected chi connectivity index (χ4v) is 3.57. The molecular formula is C19H19N5O3S. The minimum absolute atomic E-state index is 0.0136. The molecule has 0 saturated carbocycles. The topological polar surface area (TPSA) is 100 Å². The zero-order valence-corrected chi connectivity index (χ0v) is 16.2. The number of rotatable bonds is 6. The number of nitro benzene ring substituents is 1. The SMILES string of the molecule is CN(C)c1ccc(C=NN=C2NC(=O)C(Cc3cccc([N+](=O)[O-])c3)S2)cc1. The molecule has 2 aromatic rings. The van der Waals surface area contributed by atoms with E-state index in [2.05, 4.69) is 15.5 Å². The van der Waals surface area contributed by atoms with Crippen molar-refractivity contribution in [2.24, 2.45) is 10.2 Å². The maximum atomic E-state index is 12.1. The predicted molar refractivity (Wildman–Crippen MR) is 112 cm³/mol. The predicted octanol–water partition coefficient (Wildman–Crippen LogP) is 2.83. The Kier molecular flexibility index (Phi) is 6.05. The Morgan fingerprint density at radius 3 is 2.68 bits per heavy atom. The summed E-state index contributed by atoms with van der Waals surface area (Å²) < 4.78 is 0. The Bertz CT molecular complexity index is 941. The van der Waals surface area contributed by atoms with E-state index < -0.39 is 10.2 Å². The van der Waals surface area contributed by atoms with E-state index in [1.165, 1.54) is 23.9 Å². The molecule has 1 heterocycles. The number of anilines is 1. The van der Waals surface area contributed by atoms with E-state index in [1.54, 1.807) is 18.3 Å². The van der Waals surface area contributed by atoms with Crippen LogP contribution in [0, 0.1) is 10.1 Å². The number of nitrogens with zero attached hydrogens (tertiary/aromatic N) is 4. The fraction of sp³-hybridized carbons (Fsp3) is 0.211. The highest BCUT2D eigenvalue weighted by atomic mass is 32.2. The lowest BCUT2D eigenvalue weighted by Gasteiger charge is -2.11. The van der Waals surface area contributed by atoms with E-state index in [0.29, 0.717) is 11.6 Å². The molecule has 1 aliphatic heterocycles. The van der Waals surface area contributed by atoms with Crippen molar-refractivity contribution in [3.8, 4) is 0 Å². The van der Waals surface area contributed by atoms with Crippen LogP contribution in [0.4, 0.5) is 11.4 Å². The summed E-state index contributed by atoms with van der Waals surface area (Å²) in [5.41, 5.74) is 2.73. The first-order chi connectivity index (χ1) is 13.4. The van der Waals surface area contributed by atoms with Gasteiger partial charge < -0.3 is 10.2 Å². The van der Waals surface area contributed by atoms with E-state index in [1.807, 2.05) is 43.3 Å². The highest BCUT2D eigenvalue weighted by Crippen LogP contribution is 2.25. The van der Waals surface area contributed by atoms with E-state index >= 15 is 0 Å². The van der Waals surface area contributed by atoms with Crippen molar-refractivity contribution >= 4 is 40.4 Å². The van der Waals surface area contributed by atoms with Gasteiger partial charge in [-0.05, 0) is 29.7 Å². The van der Waals surface area contributed by atoms with Gasteiger partial charge in [0, 0.05) is 31.9 Å². The summed E-state index contributed by atoms with van der Waals surface area (Å²) in [5, 5.41) is 21.7. The number of hydrogen-bond acceptors (Lipinski definition) is 7. The molecule has 9 heteroatoms. The summed E-state index contributed by atoms with van der Waals surface area (Å²) in [6.07, 6.45) is 2.00. The number of carbonyl (C=O) groups excluding carboxylic acids is 1. The van der Waals surface area contributed by atoms with Crippen molar-refractivity contribution < 1.29 is 9.72 Å². The lowest BCUT2D eigenvalue weighted by molar-refractivity contribution is -0.384. The third-order valence-corrected chi connectivity index (χ3v) is 5.16. The number of nitro groups is 1. The molecule has 1 amide bonds. The Hall–Kier alpha value is -3.20. The molecule has 28 heavy (non-hydrogen) atoms. The van der Waals surface area contributed by atoms with Crippen molar-refractivity contribution in [2.75, 3.05) is 19.0 Å². The quantitative estimate of drug-likeness (QED) is 0.459. The molecule has 144 valence electrons. The first kappa shape index (κ1) is 19.6. The average molecular weight is 397 g/mol. The monoisotopic (exact) mass is 397 g/mol. The molecule has 1 aliphatic rings. The van der Waals surface area contributed by atoms with Crippen LogP contribution < -0.4 is 10.2 Å². The third-order valence-electron chi connectivity index (χ3n) is 4.08. The second-order valence-electron chi connectivity index (χ2n) is 6.36. The summed E-state index contributed by atoms with van der Waals surface area (Å²) >= 11 is 1.27. The number of non-ortho nitro benzene ring substituents is 1. The molecule has 2 aromatic carbocycles. The van der Waals surface area contributed by atoms with Crippen LogP contribution in [0.15, 0.2) is 58.7 Å². The summed E-state index contributed by atoms with van der Waals surface area (Å²) in [6, 6.07) is 14.1. The molecule has 0 aliphatic carbocycles. The first-order valence-corrected chi connectivity index (χ1v) is 9.39. The molecule has 0 radical (unpaired) electrons. The lowest BCUT2D eigenvalue weighted by atomic mass is 10.1. The van der Waals surface area contributed by atoms with Gasteiger partial charge in [-0.1, -0.05) is 36.0 Å². The summed E-state index contributed by atoms with van der Waals surface area (Å²) in [6.45, 7) is 0. The smallest absolute Gasteiger partial charge is 0.269 e. The van der Waals surface area contributed by atoms with Crippen molar-refractivity contribution in [3.05, 3.63) is 69.8 Å². The molecule has 8 nitrogen and oxygen atoms in total. The standard InChI is InChI=1S/C19H19N5O3S/c1-23(2)15-8-6-13(7-9-15)12-20-22-19-21-18(25)17(28-19)11-14-4-3-5-16(10-14)24(26)27/h3-10,12,17H,11H2,1-2H3,(H,21,22,25). The van der Waals surface area contributed by atoms with Gasteiger partial charge in [0.1, 0.15) is 0 Å². The van der Waals surface area contributed by atoms with Gasteiger partial charge >= 0.3 is 0 Å². The minimum atomic E-state index is -0.446. The van der Waals surface area contributed by atoms with Crippen LogP contribution in [0.2, 0.25) is 0 Å². The van der Waals surface area contributed by atoms with Crippen LogP contribution in [0.1, 0.15) is 11.1 Å². The van der Waals surface area contributed by atoms with Gasteiger partial charge in [-0.3, -0.25) is 14.9 Å². The fourth-order valence-electron chi connectivity index (χ4n) is 2.60. The molecule has 1 fully saturated rings. The van der Waals surface area contributed by atoms with E-state index in [9.17, 15) is 14.9 Å². The van der Waals surface area contributed by atoms with Crippen molar-refractivity contribution in [3.63, 3.8) is 0 Å². The molecule has 1 saturated heterocycles. The third kappa shape index (κ3) is 4.95. The van der Waals surface area contributed by atoms with Gasteiger partial charge in [-0.15, -0.1) is 5.10 Å². The van der Waals surface area contributed by atoms with Gasteiger partial charge in [0.25, 0.3) is 5.69 Å². The molecule has 1 atom stereocenters. The maximum absolute atomic E-state index is 12.1. The molecule has 1 unspecified atom stereocenters. The maximum Gasteiger partial charge on any atom is 0.269 e. The zero-order chi connectivity index (χ0) is 20.1. The molecule has 0 bridgehead atoms. The zero-order valence-electron chi connectivity index (χ0n) is 15.4. The summed E-state index contributed by atoms with van der Waals surface area (Å²) in [4.78, 5) is 24.6. The second kappa shape index (κ2) is 8.66. The molecule has 3 rings (SSSR count). The molecular weight excluding hydrogens is 378 g/mol. The van der Waals surface area contributed by atoms with Crippen molar-refractivity contribution in [1.82, 2.24) is 5.32 Å². The highest BCUT2D eigenvalue weighted by molar-refractivity contribution is 8.15. The van der Waals surface area contributed by atoms with Gasteiger partial charge in [0.05, 0.1) is 16.4 Å². The number of amides is 1. The lowest BCUT2D eigenvalue weighted by Crippen LogP contribution is -2.25. The van der Waals surface area contributed by atoms with Crippen LogP contribution in [-0.4, -0.2) is 41.6 Å². The number of thioether (sulfide) groups is 1. The van der Waals surface area contributed by atoms with Gasteiger partial charge in [-0.2, -0.15) is 5.10 Å². The molecule has 0 aromatic heterocycles. The Morgan fingerprint density at radius 1 is 1.25 bits per heavy atom. The van der Waals surface area contributed by atoms with Crippen LogP contribution in [0.3, 0.4) is 0 Å². The summed E-state index contributed by atoms with van der Waals surface area (Å²) in [5.74, 6) is -0.180. The minimum Gasteiger partial charge on any atom is -0.378 e. The van der Waals surface area contributed by atoms with Crippen LogP contribution >= 0.6 is 11.8 Å². The number of nitrogens with one attached hydrogen (secondary N) is 1. The average Bonchev–Trinajstić information content (AvgIpc) is 3.01. The van der Waals surface area contributed by atoms with Gasteiger partial charge in [0.15, 0.2) is 5.17 Å². The van der Waals surface area contributed by atoms with E-state index in [4.69, 9.17) is 0 Å². The Balaban J connectivity index is 1.62.